The molecule has 0 aliphatic heterocycles. The van der Waals surface area contributed by atoms with E-state index in [9.17, 15) is 9.18 Å². The molecule has 0 atom stereocenters. The zero-order valence-corrected chi connectivity index (χ0v) is 21.7. The summed E-state index contributed by atoms with van der Waals surface area (Å²) in [6.07, 6.45) is 0.803. The molecular formula is C34H31FN2O. The highest BCUT2D eigenvalue weighted by atomic mass is 19.1. The summed E-state index contributed by atoms with van der Waals surface area (Å²) in [6.45, 7) is 4.93. The van der Waals surface area contributed by atoms with Crippen molar-refractivity contribution in [3.8, 4) is 22.4 Å². The molecule has 0 saturated heterocycles. The van der Waals surface area contributed by atoms with Crippen molar-refractivity contribution in [1.82, 2.24) is 4.57 Å². The molecule has 0 aliphatic rings. The number of aromatic nitrogens is 1. The van der Waals surface area contributed by atoms with Gasteiger partial charge >= 0.3 is 0 Å². The van der Waals surface area contributed by atoms with Crippen LogP contribution in [-0.4, -0.2) is 10.5 Å². The van der Waals surface area contributed by atoms with Crippen LogP contribution >= 0.6 is 0 Å². The second-order valence-electron chi connectivity index (χ2n) is 9.72. The van der Waals surface area contributed by atoms with Gasteiger partial charge in [-0.15, -0.1) is 0 Å². The second-order valence-corrected chi connectivity index (χ2v) is 9.72. The van der Waals surface area contributed by atoms with Gasteiger partial charge in [-0.05, 0) is 65.4 Å². The fourth-order valence-electron chi connectivity index (χ4n) is 5.09. The minimum Gasteiger partial charge on any atom is -0.343 e. The largest absolute Gasteiger partial charge is 0.343 e. The molecule has 1 heterocycles. The zero-order valence-electron chi connectivity index (χ0n) is 21.7. The van der Waals surface area contributed by atoms with Crippen LogP contribution in [0.15, 0.2) is 115 Å². The van der Waals surface area contributed by atoms with Crippen molar-refractivity contribution >= 4 is 11.6 Å². The summed E-state index contributed by atoms with van der Waals surface area (Å²) >= 11 is 0. The van der Waals surface area contributed by atoms with E-state index in [2.05, 4.69) is 35.9 Å². The van der Waals surface area contributed by atoms with Gasteiger partial charge in [-0.1, -0.05) is 92.7 Å². The molecule has 0 saturated carbocycles. The van der Waals surface area contributed by atoms with Crippen molar-refractivity contribution in [1.29, 1.82) is 0 Å². The summed E-state index contributed by atoms with van der Waals surface area (Å²) in [7, 11) is 0. The quantitative estimate of drug-likeness (QED) is 0.226. The third kappa shape index (κ3) is 5.30. The van der Waals surface area contributed by atoms with E-state index in [-0.39, 0.29) is 17.6 Å². The summed E-state index contributed by atoms with van der Waals surface area (Å²) in [5.41, 5.74) is 7.19. The average Bonchev–Trinajstić information content (AvgIpc) is 3.29. The van der Waals surface area contributed by atoms with Gasteiger partial charge < -0.3 is 9.88 Å². The molecule has 4 aromatic carbocycles. The normalized spacial score (nSPS) is 11.1. The number of para-hydroxylation sites is 1. The molecule has 3 nitrogen and oxygen atoms in total. The van der Waals surface area contributed by atoms with Gasteiger partial charge in [0.2, 0.25) is 0 Å². The third-order valence-corrected chi connectivity index (χ3v) is 6.76. The molecule has 38 heavy (non-hydrogen) atoms. The molecule has 1 aromatic heterocycles. The van der Waals surface area contributed by atoms with Gasteiger partial charge in [-0.2, -0.15) is 0 Å². The van der Waals surface area contributed by atoms with E-state index in [1.54, 1.807) is 12.1 Å². The molecule has 4 heteroatoms. The first-order chi connectivity index (χ1) is 18.5. The fourth-order valence-corrected chi connectivity index (χ4v) is 5.09. The van der Waals surface area contributed by atoms with Crippen LogP contribution in [0, 0.1) is 5.82 Å². The van der Waals surface area contributed by atoms with E-state index in [4.69, 9.17) is 0 Å². The SMILES string of the molecule is CC(C)c1c(C(=O)Nc2ccccc2)c(-c2ccccc2)c(-c2ccc(F)cc2)n1CCc1ccccc1. The number of hydrogen-bond acceptors (Lipinski definition) is 1. The van der Waals surface area contributed by atoms with Crippen LogP contribution in [0.2, 0.25) is 0 Å². The van der Waals surface area contributed by atoms with Gasteiger partial charge in [0.25, 0.3) is 5.91 Å². The van der Waals surface area contributed by atoms with Gasteiger partial charge in [-0.25, -0.2) is 4.39 Å². The Kier molecular flexibility index (Phi) is 7.50. The summed E-state index contributed by atoms with van der Waals surface area (Å²) < 4.78 is 16.3. The summed E-state index contributed by atoms with van der Waals surface area (Å²) in [5, 5.41) is 3.13. The van der Waals surface area contributed by atoms with Crippen LogP contribution in [0.5, 0.6) is 0 Å². The Morgan fingerprint density at radius 2 is 1.34 bits per heavy atom. The number of carbonyl (C=O) groups excluding carboxylic acids is 1. The minimum absolute atomic E-state index is 0.0685. The first-order valence-electron chi connectivity index (χ1n) is 13.0. The summed E-state index contributed by atoms with van der Waals surface area (Å²) in [4.78, 5) is 14.1. The summed E-state index contributed by atoms with van der Waals surface area (Å²) in [6, 6.07) is 36.5. The van der Waals surface area contributed by atoms with Crippen LogP contribution in [0.1, 0.15) is 41.4 Å². The second kappa shape index (κ2) is 11.3. The van der Waals surface area contributed by atoms with E-state index in [1.807, 2.05) is 78.9 Å². The minimum atomic E-state index is -0.288. The number of anilines is 1. The molecular weight excluding hydrogens is 471 g/mol. The predicted molar refractivity (Wildman–Crippen MR) is 154 cm³/mol. The number of hydrogen-bond donors (Lipinski definition) is 1. The predicted octanol–water partition coefficient (Wildman–Crippen LogP) is 8.58. The van der Waals surface area contributed by atoms with E-state index in [0.29, 0.717) is 12.1 Å². The van der Waals surface area contributed by atoms with E-state index in [1.165, 1.54) is 17.7 Å². The number of carbonyl (C=O) groups is 1. The molecule has 0 bridgehead atoms. The lowest BCUT2D eigenvalue weighted by Gasteiger charge is -2.17. The number of nitrogens with one attached hydrogen (secondary N) is 1. The molecule has 0 aliphatic carbocycles. The highest BCUT2D eigenvalue weighted by Crippen LogP contribution is 2.42. The zero-order chi connectivity index (χ0) is 26.5. The monoisotopic (exact) mass is 502 g/mol. The number of benzene rings is 4. The summed E-state index contributed by atoms with van der Waals surface area (Å²) in [5.74, 6) is -0.372. The maximum atomic E-state index is 14.1. The Labute approximate surface area is 223 Å². The van der Waals surface area contributed by atoms with Gasteiger partial charge in [0.1, 0.15) is 5.82 Å². The Balaban J connectivity index is 1.77. The van der Waals surface area contributed by atoms with Crippen molar-refractivity contribution in [2.45, 2.75) is 32.7 Å². The molecule has 0 radical (unpaired) electrons. The van der Waals surface area contributed by atoms with Crippen LogP contribution in [0.3, 0.4) is 0 Å². The molecule has 0 spiro atoms. The molecule has 1 N–H and O–H groups in total. The molecule has 0 unspecified atom stereocenters. The average molecular weight is 503 g/mol. The van der Waals surface area contributed by atoms with Gasteiger partial charge in [0.15, 0.2) is 0 Å². The van der Waals surface area contributed by atoms with Crippen molar-refractivity contribution in [2.24, 2.45) is 0 Å². The van der Waals surface area contributed by atoms with Crippen LogP contribution in [0.4, 0.5) is 10.1 Å². The Morgan fingerprint density at radius 1 is 0.763 bits per heavy atom. The van der Waals surface area contributed by atoms with Crippen molar-refractivity contribution in [2.75, 3.05) is 5.32 Å². The van der Waals surface area contributed by atoms with E-state index in [0.717, 1.165) is 40.2 Å². The van der Waals surface area contributed by atoms with Crippen LogP contribution in [-0.2, 0) is 13.0 Å². The maximum Gasteiger partial charge on any atom is 0.258 e. The number of aryl methyl sites for hydroxylation is 1. The Morgan fingerprint density at radius 3 is 1.95 bits per heavy atom. The van der Waals surface area contributed by atoms with Gasteiger partial charge in [0, 0.05) is 23.5 Å². The van der Waals surface area contributed by atoms with E-state index >= 15 is 0 Å². The first kappa shape index (κ1) is 25.2. The van der Waals surface area contributed by atoms with Crippen molar-refractivity contribution in [3.05, 3.63) is 138 Å². The highest BCUT2D eigenvalue weighted by molar-refractivity contribution is 6.12. The lowest BCUT2D eigenvalue weighted by molar-refractivity contribution is 0.102. The lowest BCUT2D eigenvalue weighted by Crippen LogP contribution is -2.17. The molecule has 0 fully saturated rings. The maximum absolute atomic E-state index is 14.1. The number of amides is 1. The van der Waals surface area contributed by atoms with Gasteiger partial charge in [0.05, 0.1) is 11.3 Å². The lowest BCUT2D eigenvalue weighted by atomic mass is 9.94. The van der Waals surface area contributed by atoms with Crippen molar-refractivity contribution < 1.29 is 9.18 Å². The molecule has 1 amide bonds. The standard InChI is InChI=1S/C34H31FN2O/c1-24(2)32-31(34(38)36-29-16-10-5-11-17-29)30(26-14-8-4-9-15-26)33(27-18-20-28(35)21-19-27)37(32)23-22-25-12-6-3-7-13-25/h3-21,24H,22-23H2,1-2H3,(H,36,38). The fraction of sp³-hybridized carbons (Fsp3) is 0.147. The third-order valence-electron chi connectivity index (χ3n) is 6.76. The van der Waals surface area contributed by atoms with Crippen LogP contribution in [0.25, 0.3) is 22.4 Å². The van der Waals surface area contributed by atoms with Crippen LogP contribution < -0.4 is 5.32 Å². The topological polar surface area (TPSA) is 34.0 Å². The van der Waals surface area contributed by atoms with E-state index < -0.39 is 0 Å². The first-order valence-corrected chi connectivity index (χ1v) is 13.0. The molecule has 5 rings (SSSR count). The number of rotatable bonds is 8. The molecule has 5 aromatic rings. The van der Waals surface area contributed by atoms with Gasteiger partial charge in [-0.3, -0.25) is 4.79 Å². The number of nitrogens with zero attached hydrogens (tertiary/aromatic N) is 1. The highest BCUT2D eigenvalue weighted by Gasteiger charge is 2.30. The Bertz CT molecular complexity index is 1510. The Hall–Kier alpha value is -4.44. The number of halogens is 1. The van der Waals surface area contributed by atoms with Crippen molar-refractivity contribution in [3.63, 3.8) is 0 Å². The smallest absolute Gasteiger partial charge is 0.258 e. The molecule has 190 valence electrons.